The van der Waals surface area contributed by atoms with Crippen LogP contribution in [0, 0.1) is 5.92 Å². The van der Waals surface area contributed by atoms with Gasteiger partial charge in [0.05, 0.1) is 0 Å². The van der Waals surface area contributed by atoms with Gasteiger partial charge in [-0.1, -0.05) is 44.2 Å². The lowest BCUT2D eigenvalue weighted by Crippen LogP contribution is -2.28. The first kappa shape index (κ1) is 23.3. The number of hydrogen-bond donors (Lipinski definition) is 2. The van der Waals surface area contributed by atoms with Crippen LogP contribution in [0.25, 0.3) is 0 Å². The third-order valence-corrected chi connectivity index (χ3v) is 5.21. The van der Waals surface area contributed by atoms with Gasteiger partial charge in [0.15, 0.2) is 0 Å². The topological polar surface area (TPSA) is 58.2 Å². The minimum absolute atomic E-state index is 0.124. The summed E-state index contributed by atoms with van der Waals surface area (Å²) in [6.07, 6.45) is 7.77. The van der Waals surface area contributed by atoms with E-state index in [4.69, 9.17) is 0 Å². The molecule has 0 spiro atoms. The van der Waals surface area contributed by atoms with Crippen molar-refractivity contribution in [1.29, 1.82) is 0 Å². The second-order valence-corrected chi connectivity index (χ2v) is 7.57. The van der Waals surface area contributed by atoms with Gasteiger partial charge >= 0.3 is 11.5 Å². The molecule has 1 saturated carbocycles. The lowest BCUT2D eigenvalue weighted by atomic mass is 9.81. The number of benzene rings is 1. The Hall–Kier alpha value is -1.70. The van der Waals surface area contributed by atoms with Crippen molar-refractivity contribution in [2.75, 3.05) is 14.1 Å². The van der Waals surface area contributed by atoms with Crippen LogP contribution in [0.4, 0.5) is 18.0 Å². The summed E-state index contributed by atoms with van der Waals surface area (Å²) in [7, 11) is 3.14. The molecule has 4 nitrogen and oxygen atoms in total. The summed E-state index contributed by atoms with van der Waals surface area (Å²) in [6, 6.07) is 6.04. The predicted octanol–water partition coefficient (Wildman–Crippen LogP) is 5.10. The molecular weight excluding hydrogens is 377 g/mol. The summed E-state index contributed by atoms with van der Waals surface area (Å²) in [5, 5.41) is 4.73. The van der Waals surface area contributed by atoms with Crippen LogP contribution in [0.15, 0.2) is 29.2 Å². The van der Waals surface area contributed by atoms with Crippen molar-refractivity contribution in [1.82, 2.24) is 10.6 Å². The molecule has 8 heteroatoms. The maximum absolute atomic E-state index is 12.3. The number of urea groups is 1. The molecule has 0 aliphatic heterocycles. The Morgan fingerprint density at radius 1 is 1.15 bits per heavy atom. The molecule has 0 heterocycles. The first-order valence-electron chi connectivity index (χ1n) is 8.99. The molecule has 1 aromatic rings. The van der Waals surface area contributed by atoms with E-state index in [0.717, 1.165) is 31.1 Å². The van der Waals surface area contributed by atoms with Gasteiger partial charge in [0.2, 0.25) is 0 Å². The van der Waals surface area contributed by atoms with Crippen molar-refractivity contribution >= 4 is 24.1 Å². The zero-order valence-corrected chi connectivity index (χ0v) is 16.5. The smallest absolute Gasteiger partial charge is 0.341 e. The Bertz CT molecular complexity index is 567. The van der Waals surface area contributed by atoms with Crippen LogP contribution in [0.5, 0.6) is 0 Å². The van der Waals surface area contributed by atoms with Crippen molar-refractivity contribution in [2.45, 2.75) is 54.8 Å². The van der Waals surface area contributed by atoms with Gasteiger partial charge in [-0.05, 0) is 41.8 Å². The van der Waals surface area contributed by atoms with Gasteiger partial charge in [0.1, 0.15) is 6.29 Å². The molecule has 1 unspecified atom stereocenters. The van der Waals surface area contributed by atoms with E-state index in [2.05, 4.69) is 10.6 Å². The Balaban J connectivity index is 0.000000527. The molecular formula is C19H27F3N2O2S. The summed E-state index contributed by atoms with van der Waals surface area (Å²) < 4.78 is 36.8. The summed E-state index contributed by atoms with van der Waals surface area (Å²) in [5.41, 5.74) is -3.45. The van der Waals surface area contributed by atoms with E-state index in [9.17, 15) is 22.8 Å². The van der Waals surface area contributed by atoms with Crippen molar-refractivity contribution in [3.63, 3.8) is 0 Å². The maximum Gasteiger partial charge on any atom is 0.446 e. The first-order valence-corrected chi connectivity index (χ1v) is 9.81. The van der Waals surface area contributed by atoms with Gasteiger partial charge < -0.3 is 15.4 Å². The SMILES string of the molecule is CNC(=O)NC.O=CC(CC1CCCCC1)c1ccc(SC(F)(F)F)cc1. The fourth-order valence-corrected chi connectivity index (χ4v) is 3.63. The normalized spacial score (nSPS) is 15.9. The summed E-state index contributed by atoms with van der Waals surface area (Å²) in [4.78, 5) is 21.4. The summed E-state index contributed by atoms with van der Waals surface area (Å²) in [5.74, 6) is 0.371. The van der Waals surface area contributed by atoms with Gasteiger partial charge in [-0.25, -0.2) is 4.79 Å². The molecule has 1 aromatic carbocycles. The third-order valence-electron chi connectivity index (χ3n) is 4.47. The van der Waals surface area contributed by atoms with Crippen molar-refractivity contribution in [3.05, 3.63) is 29.8 Å². The number of alkyl halides is 3. The van der Waals surface area contributed by atoms with E-state index in [0.29, 0.717) is 5.92 Å². The second kappa shape index (κ2) is 11.9. The highest BCUT2D eigenvalue weighted by molar-refractivity contribution is 8.00. The average molecular weight is 404 g/mol. The molecule has 2 amide bonds. The van der Waals surface area contributed by atoms with Crippen molar-refractivity contribution < 1.29 is 22.8 Å². The molecule has 2 rings (SSSR count). The molecule has 0 bridgehead atoms. The molecule has 1 fully saturated rings. The zero-order valence-electron chi connectivity index (χ0n) is 15.6. The summed E-state index contributed by atoms with van der Waals surface area (Å²) >= 11 is -0.124. The number of nitrogens with one attached hydrogen (secondary N) is 2. The molecule has 0 aromatic heterocycles. The van der Waals surface area contributed by atoms with Gasteiger partial charge in [-0.15, -0.1) is 0 Å². The Morgan fingerprint density at radius 3 is 2.11 bits per heavy atom. The van der Waals surface area contributed by atoms with E-state index < -0.39 is 5.51 Å². The van der Waals surface area contributed by atoms with Crippen LogP contribution in [-0.2, 0) is 4.79 Å². The van der Waals surface area contributed by atoms with Crippen LogP contribution < -0.4 is 10.6 Å². The highest BCUT2D eigenvalue weighted by atomic mass is 32.2. The molecule has 2 N–H and O–H groups in total. The number of carbonyl (C=O) groups excluding carboxylic acids is 2. The van der Waals surface area contributed by atoms with Crippen molar-refractivity contribution in [3.8, 4) is 0 Å². The second-order valence-electron chi connectivity index (χ2n) is 6.43. The molecule has 1 aliphatic carbocycles. The quantitative estimate of drug-likeness (QED) is 0.530. The first-order chi connectivity index (χ1) is 12.8. The predicted molar refractivity (Wildman–Crippen MR) is 102 cm³/mol. The summed E-state index contributed by atoms with van der Waals surface area (Å²) in [6.45, 7) is 0. The average Bonchev–Trinajstić information content (AvgIpc) is 2.66. The molecule has 1 atom stereocenters. The fraction of sp³-hybridized carbons (Fsp3) is 0.579. The molecule has 0 radical (unpaired) electrons. The zero-order chi connectivity index (χ0) is 20.3. The number of hydrogen-bond acceptors (Lipinski definition) is 3. The highest BCUT2D eigenvalue weighted by Gasteiger charge is 2.29. The van der Waals surface area contributed by atoms with Crippen LogP contribution in [0.2, 0.25) is 0 Å². The van der Waals surface area contributed by atoms with Gasteiger partial charge in [-0.3, -0.25) is 0 Å². The Labute approximate surface area is 162 Å². The van der Waals surface area contributed by atoms with E-state index in [1.165, 1.54) is 31.4 Å². The van der Waals surface area contributed by atoms with Crippen LogP contribution >= 0.6 is 11.8 Å². The van der Waals surface area contributed by atoms with E-state index >= 15 is 0 Å². The highest BCUT2D eigenvalue weighted by Crippen LogP contribution is 2.38. The Morgan fingerprint density at radius 2 is 1.70 bits per heavy atom. The van der Waals surface area contributed by atoms with Gasteiger partial charge in [0.25, 0.3) is 0 Å². The number of rotatable bonds is 5. The number of amides is 2. The van der Waals surface area contributed by atoms with Gasteiger partial charge in [-0.2, -0.15) is 13.2 Å². The molecule has 27 heavy (non-hydrogen) atoms. The monoisotopic (exact) mass is 404 g/mol. The molecule has 1 aliphatic rings. The number of halogens is 3. The van der Waals surface area contributed by atoms with Crippen LogP contribution in [0.1, 0.15) is 50.0 Å². The Kier molecular flexibility index (Phi) is 10.3. The van der Waals surface area contributed by atoms with E-state index in [1.54, 1.807) is 26.2 Å². The third kappa shape index (κ3) is 9.70. The fourth-order valence-electron chi connectivity index (χ4n) is 3.09. The largest absolute Gasteiger partial charge is 0.446 e. The van der Waals surface area contributed by atoms with E-state index in [-0.39, 0.29) is 28.6 Å². The van der Waals surface area contributed by atoms with Gasteiger partial charge in [0, 0.05) is 24.9 Å². The van der Waals surface area contributed by atoms with E-state index in [1.807, 2.05) is 0 Å². The molecule has 0 saturated heterocycles. The lowest BCUT2D eigenvalue weighted by Gasteiger charge is -2.24. The minimum Gasteiger partial charge on any atom is -0.341 e. The number of aldehydes is 1. The molecule has 152 valence electrons. The van der Waals surface area contributed by atoms with Crippen LogP contribution in [0.3, 0.4) is 0 Å². The lowest BCUT2D eigenvalue weighted by molar-refractivity contribution is -0.109. The van der Waals surface area contributed by atoms with Crippen LogP contribution in [-0.4, -0.2) is 31.9 Å². The van der Waals surface area contributed by atoms with Crippen molar-refractivity contribution in [2.24, 2.45) is 5.92 Å². The number of thioether (sulfide) groups is 1. The number of carbonyl (C=O) groups is 2. The maximum atomic E-state index is 12.3. The standard InChI is InChI=1S/C16H19F3OS.C3H8N2O/c17-16(18,19)21-15-8-6-13(7-9-15)14(11-20)10-12-4-2-1-3-5-12;1-4-3(6)5-2/h6-9,11-12,14H,1-5,10H2;1-2H3,(H2,4,5,6). The minimum atomic E-state index is -4.27.